The molecule has 2 atom stereocenters. The number of hydrogen-bond donors (Lipinski definition) is 1. The molecule has 0 aromatic carbocycles. The van der Waals surface area contributed by atoms with Crippen molar-refractivity contribution in [1.29, 1.82) is 0 Å². The van der Waals surface area contributed by atoms with Gasteiger partial charge in [0, 0.05) is 37.9 Å². The van der Waals surface area contributed by atoms with Gasteiger partial charge in [-0.1, -0.05) is 0 Å². The maximum atomic E-state index is 6.24. The Morgan fingerprint density at radius 2 is 2.29 bits per heavy atom. The fourth-order valence-corrected chi connectivity index (χ4v) is 2.21. The molecule has 5 nitrogen and oxygen atoms in total. The van der Waals surface area contributed by atoms with Crippen LogP contribution in [0.25, 0.3) is 0 Å². The van der Waals surface area contributed by atoms with Gasteiger partial charge in [0.1, 0.15) is 0 Å². The van der Waals surface area contributed by atoms with Gasteiger partial charge in [0.25, 0.3) is 0 Å². The largest absolute Gasteiger partial charge is 0.374 e. The van der Waals surface area contributed by atoms with Gasteiger partial charge in [-0.3, -0.25) is 9.58 Å². The van der Waals surface area contributed by atoms with E-state index in [1.165, 1.54) is 0 Å². The Bertz CT molecular complexity index is 363. The number of nitrogens with two attached hydrogens (primary N) is 1. The molecule has 0 spiro atoms. The molecule has 2 heterocycles. The van der Waals surface area contributed by atoms with Gasteiger partial charge in [0.2, 0.25) is 0 Å². The lowest BCUT2D eigenvalue weighted by Crippen LogP contribution is -2.49. The highest BCUT2D eigenvalue weighted by Crippen LogP contribution is 2.20. The average Bonchev–Trinajstić information content (AvgIpc) is 2.75. The lowest BCUT2D eigenvalue weighted by atomic mass is 10.0. The topological polar surface area (TPSA) is 56.3 Å². The fourth-order valence-electron chi connectivity index (χ4n) is 2.21. The quantitative estimate of drug-likeness (QED) is 0.834. The minimum atomic E-state index is -0.0924. The highest BCUT2D eigenvalue weighted by atomic mass is 16.5. The van der Waals surface area contributed by atoms with Crippen LogP contribution in [0.15, 0.2) is 12.4 Å². The molecule has 1 aromatic rings. The smallest absolute Gasteiger partial charge is 0.0896 e. The van der Waals surface area contributed by atoms with Crippen LogP contribution in [0.4, 0.5) is 0 Å². The molecule has 2 N–H and O–H groups in total. The second kappa shape index (κ2) is 5.16. The zero-order valence-electron chi connectivity index (χ0n) is 10.8. The summed E-state index contributed by atoms with van der Waals surface area (Å²) in [4.78, 5) is 2.41. The fraction of sp³-hybridized carbons (Fsp3) is 0.750. The Morgan fingerprint density at radius 1 is 1.53 bits per heavy atom. The third-order valence-electron chi connectivity index (χ3n) is 3.37. The number of ether oxygens (including phenoxy) is 1. The zero-order chi connectivity index (χ0) is 12.4. The van der Waals surface area contributed by atoms with Crippen molar-refractivity contribution >= 4 is 0 Å². The molecule has 17 heavy (non-hydrogen) atoms. The van der Waals surface area contributed by atoms with Gasteiger partial charge in [-0.25, -0.2) is 0 Å². The lowest BCUT2D eigenvalue weighted by Gasteiger charge is -2.37. The van der Waals surface area contributed by atoms with Crippen LogP contribution in [-0.2, 0) is 11.8 Å². The van der Waals surface area contributed by atoms with Gasteiger partial charge in [-0.2, -0.15) is 5.10 Å². The molecule has 1 fully saturated rings. The molecule has 5 heteroatoms. The molecule has 1 aliphatic heterocycles. The van der Waals surface area contributed by atoms with Crippen LogP contribution in [0.1, 0.15) is 25.5 Å². The Balaban J connectivity index is 2.02. The van der Waals surface area contributed by atoms with Crippen LogP contribution >= 0.6 is 0 Å². The minimum absolute atomic E-state index is 0.0651. The Hall–Kier alpha value is -0.910. The first-order valence-electron chi connectivity index (χ1n) is 6.17. The van der Waals surface area contributed by atoms with Crippen molar-refractivity contribution in [3.63, 3.8) is 0 Å². The minimum Gasteiger partial charge on any atom is -0.374 e. The molecule has 0 amide bonds. The maximum Gasteiger partial charge on any atom is 0.0896 e. The lowest BCUT2D eigenvalue weighted by molar-refractivity contribution is -0.0502. The van der Waals surface area contributed by atoms with Crippen LogP contribution in [0.2, 0.25) is 0 Å². The molecular formula is C12H22N4O. The van der Waals surface area contributed by atoms with Crippen LogP contribution in [0.5, 0.6) is 0 Å². The molecular weight excluding hydrogens is 216 g/mol. The normalized spacial score (nSPS) is 24.2. The first kappa shape index (κ1) is 12.5. The molecule has 1 aliphatic rings. The maximum absolute atomic E-state index is 6.24. The summed E-state index contributed by atoms with van der Waals surface area (Å²) < 4.78 is 7.56. The van der Waals surface area contributed by atoms with E-state index in [0.717, 1.165) is 25.3 Å². The van der Waals surface area contributed by atoms with Gasteiger partial charge in [0.05, 0.1) is 24.9 Å². The standard InChI is InChI=1S/C12H22N4O/c1-9(2)16-4-5-17-11(8-16)12(13)10-6-14-15(3)7-10/h6-7,9,11-12H,4-5,8,13H2,1-3H3. The van der Waals surface area contributed by atoms with Gasteiger partial charge in [-0.05, 0) is 13.8 Å². The van der Waals surface area contributed by atoms with Crippen molar-refractivity contribution in [3.05, 3.63) is 18.0 Å². The van der Waals surface area contributed by atoms with Crippen molar-refractivity contribution in [2.75, 3.05) is 19.7 Å². The number of hydrogen-bond acceptors (Lipinski definition) is 4. The van der Waals surface area contributed by atoms with Crippen molar-refractivity contribution in [2.45, 2.75) is 32.0 Å². The van der Waals surface area contributed by atoms with E-state index in [-0.39, 0.29) is 12.1 Å². The summed E-state index contributed by atoms with van der Waals surface area (Å²) in [6.07, 6.45) is 3.85. The Kier molecular flexibility index (Phi) is 3.81. The first-order chi connectivity index (χ1) is 8.08. The van der Waals surface area contributed by atoms with E-state index in [2.05, 4.69) is 23.8 Å². The van der Waals surface area contributed by atoms with Crippen LogP contribution in [0, 0.1) is 0 Å². The van der Waals surface area contributed by atoms with E-state index in [9.17, 15) is 0 Å². The molecule has 0 aliphatic carbocycles. The number of morpholine rings is 1. The highest BCUT2D eigenvalue weighted by Gasteiger charge is 2.28. The SMILES string of the molecule is CC(C)N1CCOC(C(N)c2cnn(C)c2)C1. The van der Waals surface area contributed by atoms with E-state index in [4.69, 9.17) is 10.5 Å². The van der Waals surface area contributed by atoms with Crippen molar-refractivity contribution in [1.82, 2.24) is 14.7 Å². The van der Waals surface area contributed by atoms with Crippen LogP contribution < -0.4 is 5.73 Å². The second-order valence-electron chi connectivity index (χ2n) is 4.97. The Labute approximate surface area is 103 Å². The van der Waals surface area contributed by atoms with Gasteiger partial charge >= 0.3 is 0 Å². The predicted octanol–water partition coefficient (Wildman–Crippen LogP) is 0.529. The summed E-state index contributed by atoms with van der Waals surface area (Å²) in [5.74, 6) is 0. The molecule has 2 rings (SSSR count). The number of nitrogens with zero attached hydrogens (tertiary/aromatic N) is 3. The molecule has 0 radical (unpaired) electrons. The van der Waals surface area contributed by atoms with Gasteiger partial charge in [-0.15, -0.1) is 0 Å². The van der Waals surface area contributed by atoms with Crippen LogP contribution in [0.3, 0.4) is 0 Å². The molecule has 1 aromatic heterocycles. The monoisotopic (exact) mass is 238 g/mol. The van der Waals surface area contributed by atoms with E-state index in [1.54, 1.807) is 4.68 Å². The van der Waals surface area contributed by atoms with E-state index in [0.29, 0.717) is 6.04 Å². The summed E-state index contributed by atoms with van der Waals surface area (Å²) in [6, 6.07) is 0.452. The number of aryl methyl sites for hydroxylation is 1. The van der Waals surface area contributed by atoms with E-state index >= 15 is 0 Å². The molecule has 0 saturated carbocycles. The number of rotatable bonds is 3. The molecule has 2 unspecified atom stereocenters. The number of aromatic nitrogens is 2. The third-order valence-corrected chi connectivity index (χ3v) is 3.37. The van der Waals surface area contributed by atoms with Gasteiger partial charge in [0.15, 0.2) is 0 Å². The summed E-state index contributed by atoms with van der Waals surface area (Å²) >= 11 is 0. The predicted molar refractivity (Wildman–Crippen MR) is 66.6 cm³/mol. The van der Waals surface area contributed by atoms with Crippen molar-refractivity contribution < 1.29 is 4.74 Å². The first-order valence-corrected chi connectivity index (χ1v) is 6.17. The van der Waals surface area contributed by atoms with Gasteiger partial charge < -0.3 is 10.5 Å². The Morgan fingerprint density at radius 3 is 2.88 bits per heavy atom. The molecule has 96 valence electrons. The highest BCUT2D eigenvalue weighted by molar-refractivity contribution is 5.12. The van der Waals surface area contributed by atoms with E-state index in [1.807, 2.05) is 19.4 Å². The summed E-state index contributed by atoms with van der Waals surface area (Å²) in [5.41, 5.74) is 7.28. The molecule has 0 bridgehead atoms. The van der Waals surface area contributed by atoms with E-state index < -0.39 is 0 Å². The summed E-state index contributed by atoms with van der Waals surface area (Å²) in [7, 11) is 1.90. The second-order valence-corrected chi connectivity index (χ2v) is 4.97. The summed E-state index contributed by atoms with van der Waals surface area (Å²) in [6.45, 7) is 7.06. The van der Waals surface area contributed by atoms with Crippen molar-refractivity contribution in [3.8, 4) is 0 Å². The van der Waals surface area contributed by atoms with Crippen LogP contribution in [-0.4, -0.2) is 46.5 Å². The average molecular weight is 238 g/mol. The van der Waals surface area contributed by atoms with Crippen molar-refractivity contribution in [2.24, 2.45) is 12.8 Å². The molecule has 1 saturated heterocycles. The zero-order valence-corrected chi connectivity index (χ0v) is 10.8. The summed E-state index contributed by atoms with van der Waals surface area (Å²) in [5, 5.41) is 4.15. The third kappa shape index (κ3) is 2.86.